The molecule has 1 aliphatic heterocycles. The van der Waals surface area contributed by atoms with E-state index in [1.54, 1.807) is 42.5 Å². The molecule has 7 nitrogen and oxygen atoms in total. The molecule has 0 aromatic heterocycles. The lowest BCUT2D eigenvalue weighted by Crippen LogP contribution is -2.23. The van der Waals surface area contributed by atoms with Crippen molar-refractivity contribution in [3.63, 3.8) is 0 Å². The molecule has 0 saturated carbocycles. The summed E-state index contributed by atoms with van der Waals surface area (Å²) in [4.78, 5) is 25.5. The number of aliphatic hydroxyl groups is 1. The van der Waals surface area contributed by atoms with Gasteiger partial charge in [0.2, 0.25) is 5.91 Å². The van der Waals surface area contributed by atoms with Gasteiger partial charge in [-0.3, -0.25) is 9.59 Å². The van der Waals surface area contributed by atoms with Crippen molar-refractivity contribution in [2.45, 2.75) is 90.9 Å². The lowest BCUT2D eigenvalue weighted by molar-refractivity contribution is -0.116. The van der Waals surface area contributed by atoms with E-state index >= 15 is 0 Å². The Morgan fingerprint density at radius 3 is 2.15 bits per heavy atom. The summed E-state index contributed by atoms with van der Waals surface area (Å²) in [5.74, 6) is -0.474. The molecule has 2 aromatic carbocycles. The number of nitrogens with zero attached hydrogens (tertiary/aromatic N) is 2. The Balaban J connectivity index is 1.49. The fourth-order valence-corrected chi connectivity index (χ4v) is 4.72. The number of anilines is 3. The second kappa shape index (κ2) is 15.9. The molecule has 1 aliphatic rings. The van der Waals surface area contributed by atoms with Crippen molar-refractivity contribution in [3.05, 3.63) is 64.9 Å². The molecule has 0 radical (unpaired) electrons. The van der Waals surface area contributed by atoms with E-state index in [1.807, 2.05) is 6.07 Å². The smallest absolute Gasteiger partial charge is 0.286 e. The molecule has 0 aliphatic carbocycles. The molecule has 3 N–H and O–H groups in total. The number of hydrogen-bond donors (Lipinski definition) is 3. The number of para-hydroxylation sites is 1. The van der Waals surface area contributed by atoms with Crippen LogP contribution in [0, 0.1) is 0 Å². The zero-order valence-electron chi connectivity index (χ0n) is 23.1. The Morgan fingerprint density at radius 1 is 0.923 bits per heavy atom. The first-order valence-corrected chi connectivity index (χ1v) is 14.5. The van der Waals surface area contributed by atoms with Gasteiger partial charge >= 0.3 is 0 Å². The summed E-state index contributed by atoms with van der Waals surface area (Å²) < 4.78 is 0. The highest BCUT2D eigenvalue weighted by molar-refractivity contribution is 6.37. The Bertz CT molecular complexity index is 1160. The first kappa shape index (κ1) is 30.2. The normalized spacial score (nSPS) is 14.4. The summed E-state index contributed by atoms with van der Waals surface area (Å²) in [7, 11) is 0. The van der Waals surface area contributed by atoms with E-state index in [2.05, 4.69) is 22.7 Å². The first-order valence-electron chi connectivity index (χ1n) is 14.2. The summed E-state index contributed by atoms with van der Waals surface area (Å²) >= 11 is 6.41. The maximum Gasteiger partial charge on any atom is 0.286 e. The molecule has 3 rings (SSSR count). The highest BCUT2D eigenvalue weighted by Gasteiger charge is 2.33. The van der Waals surface area contributed by atoms with E-state index in [0.29, 0.717) is 28.5 Å². The minimum absolute atomic E-state index is 0.0466. The zero-order chi connectivity index (χ0) is 28.0. The third kappa shape index (κ3) is 9.43. The molecular formula is C31H41ClN4O3. The fourth-order valence-electron chi connectivity index (χ4n) is 4.56. The van der Waals surface area contributed by atoms with Crippen molar-refractivity contribution < 1.29 is 14.7 Å². The monoisotopic (exact) mass is 552 g/mol. The van der Waals surface area contributed by atoms with Gasteiger partial charge in [0.1, 0.15) is 11.3 Å². The number of rotatable bonds is 15. The van der Waals surface area contributed by atoms with Crippen molar-refractivity contribution in [3.8, 4) is 0 Å². The van der Waals surface area contributed by atoms with Crippen LogP contribution in [0.3, 0.4) is 0 Å². The average molecular weight is 553 g/mol. The molecule has 2 amide bonds. The number of hydrazone groups is 1. The topological polar surface area (TPSA) is 94.0 Å². The number of amidine groups is 1. The van der Waals surface area contributed by atoms with Crippen LogP contribution in [0.4, 0.5) is 17.1 Å². The Hall–Kier alpha value is -3.32. The number of nitrogens with one attached hydrogen (secondary N) is 2. The van der Waals surface area contributed by atoms with Crippen LogP contribution in [0.15, 0.2) is 65.0 Å². The fraction of sp³-hybridized carbons (Fsp3) is 0.452. The first-order chi connectivity index (χ1) is 18.9. The van der Waals surface area contributed by atoms with Gasteiger partial charge in [0.15, 0.2) is 5.84 Å². The van der Waals surface area contributed by atoms with Crippen molar-refractivity contribution in [2.24, 2.45) is 5.10 Å². The molecular weight excluding hydrogens is 512 g/mol. The molecule has 0 saturated heterocycles. The number of halogens is 1. The van der Waals surface area contributed by atoms with E-state index < -0.39 is 5.91 Å². The van der Waals surface area contributed by atoms with Gasteiger partial charge < -0.3 is 15.7 Å². The van der Waals surface area contributed by atoms with Gasteiger partial charge in [-0.05, 0) is 43.7 Å². The van der Waals surface area contributed by atoms with Crippen LogP contribution in [0.1, 0.15) is 90.9 Å². The lowest BCUT2D eigenvalue weighted by atomic mass is 10.1. The molecule has 0 atom stereocenters. The van der Waals surface area contributed by atoms with Gasteiger partial charge in [0.25, 0.3) is 5.91 Å². The maximum absolute atomic E-state index is 13.0. The summed E-state index contributed by atoms with van der Waals surface area (Å²) in [5.41, 5.74) is 1.68. The largest absolute Gasteiger partial charge is 0.512 e. The van der Waals surface area contributed by atoms with Crippen LogP contribution in [0.5, 0.6) is 0 Å². The number of allylic oxidation sites excluding steroid dienone is 1. The minimum Gasteiger partial charge on any atom is -0.512 e. The Morgan fingerprint density at radius 2 is 1.54 bits per heavy atom. The molecule has 210 valence electrons. The number of aliphatic hydroxyl groups excluding tert-OH is 1. The van der Waals surface area contributed by atoms with E-state index in [9.17, 15) is 14.7 Å². The quantitative estimate of drug-likeness (QED) is 0.117. The van der Waals surface area contributed by atoms with E-state index in [4.69, 9.17) is 11.6 Å². The van der Waals surface area contributed by atoms with Crippen LogP contribution < -0.4 is 15.6 Å². The Labute approximate surface area is 237 Å². The van der Waals surface area contributed by atoms with Crippen molar-refractivity contribution in [2.75, 3.05) is 15.6 Å². The van der Waals surface area contributed by atoms with Crippen LogP contribution in [-0.2, 0) is 9.59 Å². The predicted octanol–water partition coefficient (Wildman–Crippen LogP) is 8.58. The van der Waals surface area contributed by atoms with Gasteiger partial charge in [0.05, 0.1) is 16.4 Å². The van der Waals surface area contributed by atoms with Gasteiger partial charge in [-0.15, -0.1) is 5.10 Å². The summed E-state index contributed by atoms with van der Waals surface area (Å²) in [5, 5.41) is 22.2. The number of benzene rings is 2. The number of unbranched alkanes of at least 4 members (excludes halogenated alkanes) is 10. The van der Waals surface area contributed by atoms with E-state index in [1.165, 1.54) is 63.3 Å². The van der Waals surface area contributed by atoms with E-state index in [-0.39, 0.29) is 23.1 Å². The molecule has 39 heavy (non-hydrogen) atoms. The lowest BCUT2D eigenvalue weighted by Gasteiger charge is -2.11. The third-order valence-electron chi connectivity index (χ3n) is 6.72. The van der Waals surface area contributed by atoms with E-state index in [0.717, 1.165) is 19.3 Å². The molecule has 8 heteroatoms. The van der Waals surface area contributed by atoms with Gasteiger partial charge in [-0.2, -0.15) is 5.01 Å². The summed E-state index contributed by atoms with van der Waals surface area (Å²) in [6.07, 6.45) is 14.1. The van der Waals surface area contributed by atoms with Gasteiger partial charge in [0, 0.05) is 12.1 Å². The zero-order valence-corrected chi connectivity index (χ0v) is 23.9. The second-order valence-corrected chi connectivity index (χ2v) is 10.4. The standard InChI is InChI=1S/C31H41ClN4O3/c1-3-4-5-6-7-8-9-10-11-12-16-19-28(38)33-24-20-21-26(32)27(22-24)34-30-29(23(2)37)31(39)36(35-30)25-17-14-13-15-18-25/h13-15,17-18,20-22,37H,3-12,16,19H2,1-2H3,(H,33,38)(H,34,35)/b29-23+. The summed E-state index contributed by atoms with van der Waals surface area (Å²) in [6.45, 7) is 3.68. The minimum atomic E-state index is -0.448. The second-order valence-electron chi connectivity index (χ2n) is 10.0. The summed E-state index contributed by atoms with van der Waals surface area (Å²) in [6, 6.07) is 14.1. The highest BCUT2D eigenvalue weighted by atomic mass is 35.5. The number of carbonyl (C=O) groups excluding carboxylic acids is 2. The van der Waals surface area contributed by atoms with Crippen molar-refractivity contribution in [1.29, 1.82) is 0 Å². The van der Waals surface area contributed by atoms with Crippen LogP contribution in [0.25, 0.3) is 0 Å². The number of carbonyl (C=O) groups is 2. The van der Waals surface area contributed by atoms with Gasteiger partial charge in [-0.25, -0.2) is 0 Å². The highest BCUT2D eigenvalue weighted by Crippen LogP contribution is 2.30. The molecule has 0 bridgehead atoms. The van der Waals surface area contributed by atoms with Crippen LogP contribution in [0.2, 0.25) is 5.02 Å². The van der Waals surface area contributed by atoms with Crippen LogP contribution >= 0.6 is 11.6 Å². The molecule has 0 fully saturated rings. The molecule has 0 unspecified atom stereocenters. The average Bonchev–Trinajstić information content (AvgIpc) is 3.25. The molecule has 2 aromatic rings. The maximum atomic E-state index is 13.0. The SMILES string of the molecule is CCCCCCCCCCCCCC(=O)Nc1ccc(Cl)c(NC2=NN(c3ccccc3)C(=O)/C2=C(\C)O)c1. The third-order valence-corrected chi connectivity index (χ3v) is 7.05. The molecule has 1 heterocycles. The van der Waals surface area contributed by atoms with Crippen molar-refractivity contribution >= 4 is 46.3 Å². The molecule has 0 spiro atoms. The van der Waals surface area contributed by atoms with Crippen molar-refractivity contribution in [1.82, 2.24) is 0 Å². The Kier molecular flexibility index (Phi) is 12.4. The van der Waals surface area contributed by atoms with Crippen LogP contribution in [-0.4, -0.2) is 22.8 Å². The number of hydrogen-bond acceptors (Lipinski definition) is 5. The number of amides is 2. The predicted molar refractivity (Wildman–Crippen MR) is 161 cm³/mol. The van der Waals surface area contributed by atoms with Gasteiger partial charge in [-0.1, -0.05) is 101 Å².